The Morgan fingerprint density at radius 3 is 2.50 bits per heavy atom. The molecule has 22 heavy (non-hydrogen) atoms. The van der Waals surface area contributed by atoms with Crippen molar-refractivity contribution in [1.82, 2.24) is 5.32 Å². The van der Waals surface area contributed by atoms with Gasteiger partial charge in [0.05, 0.1) is 6.10 Å². The molecule has 0 fully saturated rings. The molecule has 1 rings (SSSR count). The van der Waals surface area contributed by atoms with Gasteiger partial charge in [0, 0.05) is 12.2 Å². The van der Waals surface area contributed by atoms with Crippen LogP contribution >= 0.6 is 0 Å². The number of anilines is 1. The van der Waals surface area contributed by atoms with Gasteiger partial charge in [0.2, 0.25) is 0 Å². The molecule has 0 aliphatic rings. The fourth-order valence-electron chi connectivity index (χ4n) is 2.07. The van der Waals surface area contributed by atoms with E-state index in [0.29, 0.717) is 5.69 Å². The van der Waals surface area contributed by atoms with Crippen LogP contribution in [0.5, 0.6) is 0 Å². The standard InChI is InChI=1S/C17H26N2O3/c1-5-11(3)15(20)10-18-16(21)17(22)19-14-8-7-12(4)13(6-2)9-14/h7-9,11,15,20H,5-6,10H2,1-4H3,(H,18,21)(H,19,22). The molecular weight excluding hydrogens is 280 g/mol. The van der Waals surface area contributed by atoms with Gasteiger partial charge in [-0.1, -0.05) is 33.3 Å². The summed E-state index contributed by atoms with van der Waals surface area (Å²) in [4.78, 5) is 23.6. The number of nitrogens with one attached hydrogen (secondary N) is 2. The lowest BCUT2D eigenvalue weighted by Crippen LogP contribution is -2.41. The highest BCUT2D eigenvalue weighted by atomic mass is 16.3. The van der Waals surface area contributed by atoms with E-state index in [9.17, 15) is 14.7 Å². The van der Waals surface area contributed by atoms with Gasteiger partial charge in [0.1, 0.15) is 0 Å². The molecule has 2 amide bonds. The molecule has 0 spiro atoms. The van der Waals surface area contributed by atoms with Crippen LogP contribution in [0.3, 0.4) is 0 Å². The Bertz CT molecular complexity index is 529. The monoisotopic (exact) mass is 306 g/mol. The first-order chi connectivity index (χ1) is 10.4. The number of aryl methyl sites for hydroxylation is 2. The number of amides is 2. The quantitative estimate of drug-likeness (QED) is 0.704. The maximum atomic E-state index is 11.8. The van der Waals surface area contributed by atoms with Gasteiger partial charge < -0.3 is 15.7 Å². The summed E-state index contributed by atoms with van der Waals surface area (Å²) < 4.78 is 0. The molecule has 5 heteroatoms. The van der Waals surface area contributed by atoms with E-state index in [2.05, 4.69) is 10.6 Å². The molecule has 0 saturated carbocycles. The Balaban J connectivity index is 2.56. The molecule has 5 nitrogen and oxygen atoms in total. The molecular formula is C17H26N2O3. The molecule has 0 saturated heterocycles. The van der Waals surface area contributed by atoms with E-state index in [0.717, 1.165) is 24.0 Å². The number of rotatable bonds is 6. The maximum absolute atomic E-state index is 11.8. The van der Waals surface area contributed by atoms with Crippen LogP contribution in [0.25, 0.3) is 0 Å². The summed E-state index contributed by atoms with van der Waals surface area (Å²) in [7, 11) is 0. The van der Waals surface area contributed by atoms with E-state index < -0.39 is 17.9 Å². The zero-order valence-electron chi connectivity index (χ0n) is 13.8. The van der Waals surface area contributed by atoms with Crippen LogP contribution in [0.2, 0.25) is 0 Å². The highest BCUT2D eigenvalue weighted by molar-refractivity contribution is 6.39. The van der Waals surface area contributed by atoms with Crippen LogP contribution < -0.4 is 10.6 Å². The average Bonchev–Trinajstić information content (AvgIpc) is 2.52. The zero-order valence-corrected chi connectivity index (χ0v) is 13.8. The number of aliphatic hydroxyl groups excluding tert-OH is 1. The van der Waals surface area contributed by atoms with Gasteiger partial charge in [-0.05, 0) is 42.5 Å². The largest absolute Gasteiger partial charge is 0.391 e. The summed E-state index contributed by atoms with van der Waals surface area (Å²) in [5.41, 5.74) is 2.89. The van der Waals surface area contributed by atoms with Crippen LogP contribution in [0.1, 0.15) is 38.3 Å². The molecule has 2 unspecified atom stereocenters. The minimum atomic E-state index is -0.735. The highest BCUT2D eigenvalue weighted by Crippen LogP contribution is 2.15. The number of hydrogen-bond acceptors (Lipinski definition) is 3. The normalized spacial score (nSPS) is 13.3. The SMILES string of the molecule is CCc1cc(NC(=O)C(=O)NCC(O)C(C)CC)ccc1C. The second-order valence-electron chi connectivity index (χ2n) is 5.61. The Labute approximate surface area is 132 Å². The Kier molecular flexibility index (Phi) is 7.05. The zero-order chi connectivity index (χ0) is 16.7. The molecule has 0 heterocycles. The lowest BCUT2D eigenvalue weighted by atomic mass is 10.0. The summed E-state index contributed by atoms with van der Waals surface area (Å²) >= 11 is 0. The van der Waals surface area contributed by atoms with Crippen LogP contribution in [0, 0.1) is 12.8 Å². The molecule has 3 N–H and O–H groups in total. The molecule has 0 aliphatic carbocycles. The smallest absolute Gasteiger partial charge is 0.313 e. The average molecular weight is 306 g/mol. The Morgan fingerprint density at radius 1 is 1.23 bits per heavy atom. The summed E-state index contributed by atoms with van der Waals surface area (Å²) in [6, 6.07) is 5.56. The summed E-state index contributed by atoms with van der Waals surface area (Å²) in [6.45, 7) is 7.99. The Morgan fingerprint density at radius 2 is 1.91 bits per heavy atom. The van der Waals surface area contributed by atoms with Gasteiger partial charge in [0.25, 0.3) is 0 Å². The van der Waals surface area contributed by atoms with Crippen molar-refractivity contribution in [3.63, 3.8) is 0 Å². The number of carbonyl (C=O) groups is 2. The molecule has 0 radical (unpaired) electrons. The second kappa shape index (κ2) is 8.54. The minimum Gasteiger partial charge on any atom is -0.391 e. The molecule has 2 atom stereocenters. The van der Waals surface area contributed by atoms with Crippen molar-refractivity contribution < 1.29 is 14.7 Å². The second-order valence-corrected chi connectivity index (χ2v) is 5.61. The van der Waals surface area contributed by atoms with E-state index >= 15 is 0 Å². The molecule has 122 valence electrons. The summed E-state index contributed by atoms with van der Waals surface area (Å²) in [6.07, 6.45) is 1.03. The van der Waals surface area contributed by atoms with Gasteiger partial charge in [0.15, 0.2) is 0 Å². The fraction of sp³-hybridized carbons (Fsp3) is 0.529. The first-order valence-corrected chi connectivity index (χ1v) is 7.75. The van der Waals surface area contributed by atoms with Crippen molar-refractivity contribution >= 4 is 17.5 Å². The maximum Gasteiger partial charge on any atom is 0.313 e. The number of aliphatic hydroxyl groups is 1. The molecule has 0 aliphatic heterocycles. The van der Waals surface area contributed by atoms with Gasteiger partial charge >= 0.3 is 11.8 Å². The van der Waals surface area contributed by atoms with Gasteiger partial charge in [-0.15, -0.1) is 0 Å². The van der Waals surface area contributed by atoms with Gasteiger partial charge in [-0.3, -0.25) is 9.59 Å². The fourth-order valence-corrected chi connectivity index (χ4v) is 2.07. The molecule has 1 aromatic carbocycles. The van der Waals surface area contributed by atoms with E-state index in [-0.39, 0.29) is 12.5 Å². The predicted molar refractivity (Wildman–Crippen MR) is 87.7 cm³/mol. The summed E-state index contributed by atoms with van der Waals surface area (Å²) in [5, 5.41) is 14.8. The number of benzene rings is 1. The Hall–Kier alpha value is -1.88. The lowest BCUT2D eigenvalue weighted by Gasteiger charge is -2.17. The van der Waals surface area contributed by atoms with Gasteiger partial charge in [-0.2, -0.15) is 0 Å². The highest BCUT2D eigenvalue weighted by Gasteiger charge is 2.17. The van der Waals surface area contributed by atoms with Crippen molar-refractivity contribution in [2.45, 2.75) is 46.6 Å². The van der Waals surface area contributed by atoms with Crippen LogP contribution in [-0.2, 0) is 16.0 Å². The van der Waals surface area contributed by atoms with E-state index in [1.54, 1.807) is 6.07 Å². The van der Waals surface area contributed by atoms with E-state index in [1.165, 1.54) is 0 Å². The van der Waals surface area contributed by atoms with Crippen molar-refractivity contribution in [1.29, 1.82) is 0 Å². The van der Waals surface area contributed by atoms with Crippen LogP contribution in [-0.4, -0.2) is 29.6 Å². The lowest BCUT2D eigenvalue weighted by molar-refractivity contribution is -0.136. The third-order valence-corrected chi connectivity index (χ3v) is 3.97. The minimum absolute atomic E-state index is 0.0765. The van der Waals surface area contributed by atoms with Crippen LogP contribution in [0.15, 0.2) is 18.2 Å². The summed E-state index contributed by atoms with van der Waals surface area (Å²) in [5.74, 6) is -1.38. The van der Waals surface area contributed by atoms with Crippen LogP contribution in [0.4, 0.5) is 5.69 Å². The third kappa shape index (κ3) is 5.15. The molecule has 0 bridgehead atoms. The van der Waals surface area contributed by atoms with Crippen molar-refractivity contribution in [3.8, 4) is 0 Å². The molecule has 1 aromatic rings. The first-order valence-electron chi connectivity index (χ1n) is 7.75. The first kappa shape index (κ1) is 18.2. The number of hydrogen-bond donors (Lipinski definition) is 3. The molecule has 0 aromatic heterocycles. The van der Waals surface area contributed by atoms with Gasteiger partial charge in [-0.25, -0.2) is 0 Å². The van der Waals surface area contributed by atoms with E-state index in [4.69, 9.17) is 0 Å². The predicted octanol–water partition coefficient (Wildman–Crippen LogP) is 2.02. The van der Waals surface area contributed by atoms with E-state index in [1.807, 2.05) is 39.8 Å². The number of carbonyl (C=O) groups excluding carboxylic acids is 2. The van der Waals surface area contributed by atoms with Crippen molar-refractivity contribution in [3.05, 3.63) is 29.3 Å². The topological polar surface area (TPSA) is 78.4 Å². The third-order valence-electron chi connectivity index (χ3n) is 3.97. The van der Waals surface area contributed by atoms with Crippen molar-refractivity contribution in [2.75, 3.05) is 11.9 Å². The van der Waals surface area contributed by atoms with Crippen molar-refractivity contribution in [2.24, 2.45) is 5.92 Å².